The van der Waals surface area contributed by atoms with Crippen LogP contribution in [0.1, 0.15) is 5.56 Å². The molecular formula is C13H14FN5O2. The molecule has 110 valence electrons. The second-order valence-electron chi connectivity index (χ2n) is 4.23. The maximum absolute atomic E-state index is 13.0. The standard InChI is InChI=1S/C13H14FN5O2/c1-15-12-11(19(20)21)13(18-8-17-12)16-6-5-9-3-2-4-10(14)7-9/h2-4,7-8H,5-6H2,1H3,(H2,15,16,17,18). The number of nitro groups is 1. The summed E-state index contributed by atoms with van der Waals surface area (Å²) in [6.45, 7) is 0.393. The second-order valence-corrected chi connectivity index (χ2v) is 4.23. The van der Waals surface area contributed by atoms with Crippen LogP contribution in [-0.2, 0) is 6.42 Å². The van der Waals surface area contributed by atoms with Crippen LogP contribution in [0.2, 0.25) is 0 Å². The third kappa shape index (κ3) is 3.62. The van der Waals surface area contributed by atoms with Crippen molar-refractivity contribution < 1.29 is 9.31 Å². The van der Waals surface area contributed by atoms with Crippen molar-refractivity contribution in [1.29, 1.82) is 0 Å². The van der Waals surface area contributed by atoms with Crippen molar-refractivity contribution >= 4 is 17.3 Å². The number of hydrogen-bond acceptors (Lipinski definition) is 6. The van der Waals surface area contributed by atoms with Crippen molar-refractivity contribution in [2.24, 2.45) is 0 Å². The van der Waals surface area contributed by atoms with E-state index in [0.717, 1.165) is 5.56 Å². The Bertz CT molecular complexity index is 650. The van der Waals surface area contributed by atoms with Gasteiger partial charge in [0.15, 0.2) is 0 Å². The number of rotatable bonds is 6. The normalized spacial score (nSPS) is 10.2. The molecule has 2 rings (SSSR count). The maximum atomic E-state index is 13.0. The molecule has 1 aromatic heterocycles. The summed E-state index contributed by atoms with van der Waals surface area (Å²) in [5.41, 5.74) is 0.590. The van der Waals surface area contributed by atoms with E-state index in [1.54, 1.807) is 19.2 Å². The number of hydrogen-bond donors (Lipinski definition) is 2. The Balaban J connectivity index is 2.08. The molecule has 0 aliphatic rings. The van der Waals surface area contributed by atoms with E-state index in [9.17, 15) is 14.5 Å². The van der Waals surface area contributed by atoms with Crippen LogP contribution in [0, 0.1) is 15.9 Å². The fraction of sp³-hybridized carbons (Fsp3) is 0.231. The van der Waals surface area contributed by atoms with Crippen LogP contribution >= 0.6 is 0 Å². The van der Waals surface area contributed by atoms with Gasteiger partial charge < -0.3 is 10.6 Å². The first kappa shape index (κ1) is 14.6. The molecule has 0 aliphatic heterocycles. The van der Waals surface area contributed by atoms with Gasteiger partial charge in [-0.3, -0.25) is 10.1 Å². The van der Waals surface area contributed by atoms with Crippen LogP contribution in [0.15, 0.2) is 30.6 Å². The highest BCUT2D eigenvalue weighted by Crippen LogP contribution is 2.28. The van der Waals surface area contributed by atoms with Gasteiger partial charge in [-0.2, -0.15) is 0 Å². The second kappa shape index (κ2) is 6.60. The van der Waals surface area contributed by atoms with Crippen LogP contribution in [0.25, 0.3) is 0 Å². The molecule has 0 aliphatic carbocycles. The Labute approximate surface area is 120 Å². The Morgan fingerprint density at radius 2 is 2.10 bits per heavy atom. The lowest BCUT2D eigenvalue weighted by Gasteiger charge is -2.08. The van der Waals surface area contributed by atoms with Crippen molar-refractivity contribution in [3.63, 3.8) is 0 Å². The van der Waals surface area contributed by atoms with Gasteiger partial charge in [-0.25, -0.2) is 14.4 Å². The average Bonchev–Trinajstić information content (AvgIpc) is 2.46. The minimum atomic E-state index is -0.545. The van der Waals surface area contributed by atoms with E-state index < -0.39 is 4.92 Å². The fourth-order valence-corrected chi connectivity index (χ4v) is 1.88. The van der Waals surface area contributed by atoms with E-state index in [1.807, 2.05) is 0 Å². The number of halogens is 1. The summed E-state index contributed by atoms with van der Waals surface area (Å²) >= 11 is 0. The number of benzene rings is 1. The van der Waals surface area contributed by atoms with Crippen molar-refractivity contribution in [3.8, 4) is 0 Å². The summed E-state index contributed by atoms with van der Waals surface area (Å²) in [6, 6.07) is 6.20. The summed E-state index contributed by atoms with van der Waals surface area (Å²) in [4.78, 5) is 18.2. The first-order chi connectivity index (χ1) is 10.1. The summed E-state index contributed by atoms with van der Waals surface area (Å²) in [6.07, 6.45) is 1.76. The molecule has 21 heavy (non-hydrogen) atoms. The largest absolute Gasteiger partial charge is 0.367 e. The van der Waals surface area contributed by atoms with Crippen LogP contribution in [-0.4, -0.2) is 28.5 Å². The van der Waals surface area contributed by atoms with Gasteiger partial charge in [0.1, 0.15) is 12.1 Å². The van der Waals surface area contributed by atoms with Crippen molar-refractivity contribution in [1.82, 2.24) is 9.97 Å². The minimum absolute atomic E-state index is 0.135. The molecule has 0 amide bonds. The lowest BCUT2D eigenvalue weighted by molar-refractivity contribution is -0.383. The van der Waals surface area contributed by atoms with Gasteiger partial charge in [0.25, 0.3) is 0 Å². The van der Waals surface area contributed by atoms with E-state index >= 15 is 0 Å². The lowest BCUT2D eigenvalue weighted by atomic mass is 10.1. The van der Waals surface area contributed by atoms with Gasteiger partial charge in [-0.1, -0.05) is 12.1 Å². The van der Waals surface area contributed by atoms with Crippen molar-refractivity contribution in [3.05, 3.63) is 52.1 Å². The van der Waals surface area contributed by atoms with Crippen LogP contribution in [0.5, 0.6) is 0 Å². The molecule has 7 nitrogen and oxygen atoms in total. The molecule has 0 atom stereocenters. The third-order valence-corrected chi connectivity index (χ3v) is 2.84. The smallest absolute Gasteiger partial charge is 0.353 e. The molecule has 0 saturated carbocycles. The lowest BCUT2D eigenvalue weighted by Crippen LogP contribution is -2.10. The zero-order valence-electron chi connectivity index (χ0n) is 11.3. The van der Waals surface area contributed by atoms with Crippen molar-refractivity contribution in [2.75, 3.05) is 24.2 Å². The number of aromatic nitrogens is 2. The molecule has 0 fully saturated rings. The quantitative estimate of drug-likeness (QED) is 0.626. The molecule has 1 aromatic carbocycles. The van der Waals surface area contributed by atoms with E-state index in [2.05, 4.69) is 20.6 Å². The average molecular weight is 291 g/mol. The predicted molar refractivity (Wildman–Crippen MR) is 76.8 cm³/mol. The number of nitrogens with zero attached hydrogens (tertiary/aromatic N) is 3. The third-order valence-electron chi connectivity index (χ3n) is 2.84. The van der Waals surface area contributed by atoms with Crippen LogP contribution < -0.4 is 10.6 Å². The molecule has 2 aromatic rings. The first-order valence-corrected chi connectivity index (χ1v) is 6.27. The summed E-state index contributed by atoms with van der Waals surface area (Å²) in [5.74, 6) is -0.0306. The number of anilines is 2. The molecule has 0 radical (unpaired) electrons. The Hall–Kier alpha value is -2.77. The molecule has 1 heterocycles. The van der Waals surface area contributed by atoms with Gasteiger partial charge >= 0.3 is 5.69 Å². The van der Waals surface area contributed by atoms with E-state index in [0.29, 0.717) is 13.0 Å². The zero-order chi connectivity index (χ0) is 15.2. The Morgan fingerprint density at radius 1 is 1.33 bits per heavy atom. The molecule has 0 unspecified atom stereocenters. The highest BCUT2D eigenvalue weighted by Gasteiger charge is 2.21. The van der Waals surface area contributed by atoms with Gasteiger partial charge in [-0.15, -0.1) is 0 Å². The van der Waals surface area contributed by atoms with Crippen LogP contribution in [0.3, 0.4) is 0 Å². The first-order valence-electron chi connectivity index (χ1n) is 6.27. The maximum Gasteiger partial charge on any atom is 0.353 e. The molecule has 0 bridgehead atoms. The molecule has 0 saturated heterocycles. The topological polar surface area (TPSA) is 93.0 Å². The summed E-state index contributed by atoms with van der Waals surface area (Å²) < 4.78 is 13.0. The van der Waals surface area contributed by atoms with E-state index in [-0.39, 0.29) is 23.1 Å². The summed E-state index contributed by atoms with van der Waals surface area (Å²) in [7, 11) is 1.55. The number of nitrogens with one attached hydrogen (secondary N) is 2. The highest BCUT2D eigenvalue weighted by molar-refractivity contribution is 5.68. The van der Waals surface area contributed by atoms with Gasteiger partial charge in [-0.05, 0) is 24.1 Å². The van der Waals surface area contributed by atoms with Crippen LogP contribution in [0.4, 0.5) is 21.7 Å². The SMILES string of the molecule is CNc1ncnc(NCCc2cccc(F)c2)c1[N+](=O)[O-]. The van der Waals surface area contributed by atoms with Gasteiger partial charge in [0.2, 0.25) is 11.6 Å². The zero-order valence-corrected chi connectivity index (χ0v) is 11.3. The molecule has 8 heteroatoms. The monoisotopic (exact) mass is 291 g/mol. The predicted octanol–water partition coefficient (Wildman–Crippen LogP) is 2.22. The Morgan fingerprint density at radius 3 is 2.76 bits per heavy atom. The molecule has 0 spiro atoms. The highest BCUT2D eigenvalue weighted by atomic mass is 19.1. The molecular weight excluding hydrogens is 277 g/mol. The summed E-state index contributed by atoms with van der Waals surface area (Å²) in [5, 5.41) is 16.6. The molecule has 2 N–H and O–H groups in total. The fourth-order valence-electron chi connectivity index (χ4n) is 1.88. The van der Waals surface area contributed by atoms with Gasteiger partial charge in [0, 0.05) is 13.6 Å². The van der Waals surface area contributed by atoms with Crippen molar-refractivity contribution in [2.45, 2.75) is 6.42 Å². The van der Waals surface area contributed by atoms with Gasteiger partial charge in [0.05, 0.1) is 4.92 Å². The Kier molecular flexibility index (Phi) is 4.60. The van der Waals surface area contributed by atoms with E-state index in [4.69, 9.17) is 0 Å². The van der Waals surface area contributed by atoms with E-state index in [1.165, 1.54) is 18.5 Å². The minimum Gasteiger partial charge on any atom is -0.367 e.